The van der Waals surface area contributed by atoms with Crippen molar-refractivity contribution in [1.82, 2.24) is 10.0 Å². The zero-order chi connectivity index (χ0) is 24.3. The largest absolute Gasteiger partial charge is 0.459 e. The van der Waals surface area contributed by atoms with Crippen LogP contribution in [0.15, 0.2) is 18.2 Å². The van der Waals surface area contributed by atoms with Gasteiger partial charge in [-0.15, -0.1) is 0 Å². The number of ether oxygens (including phenoxy) is 1. The van der Waals surface area contributed by atoms with E-state index in [0.29, 0.717) is 17.4 Å². The normalized spacial score (nSPS) is 20.5. The van der Waals surface area contributed by atoms with Crippen molar-refractivity contribution in [3.05, 3.63) is 29.3 Å². The Balaban J connectivity index is 2.54. The second-order valence-corrected chi connectivity index (χ2v) is 13.6. The first kappa shape index (κ1) is 27.2. The molecular formula is C22H37N2O6PS. The second kappa shape index (κ2) is 10.5. The van der Waals surface area contributed by atoms with Gasteiger partial charge in [-0.05, 0) is 78.6 Å². The predicted octanol–water partition coefficient (Wildman–Crippen LogP) is 3.66. The molecule has 3 atom stereocenters. The molecule has 0 spiro atoms. The van der Waals surface area contributed by atoms with E-state index in [-0.39, 0.29) is 19.3 Å². The lowest BCUT2D eigenvalue weighted by Crippen LogP contribution is -2.46. The van der Waals surface area contributed by atoms with Crippen LogP contribution in [0, 0.1) is 0 Å². The van der Waals surface area contributed by atoms with Crippen molar-refractivity contribution in [3.63, 3.8) is 0 Å². The number of fused-ring (bicyclic) bond motifs is 1. The summed E-state index contributed by atoms with van der Waals surface area (Å²) in [6.45, 7) is 15.4. The quantitative estimate of drug-likeness (QED) is 0.425. The fourth-order valence-electron chi connectivity index (χ4n) is 3.26. The molecule has 1 heterocycles. The third-order valence-electron chi connectivity index (χ3n) is 4.65. The maximum atomic E-state index is 13.4. The van der Waals surface area contributed by atoms with E-state index < -0.39 is 40.9 Å². The molecule has 1 aromatic rings. The topological polar surface area (TPSA) is 103 Å². The van der Waals surface area contributed by atoms with Crippen molar-refractivity contribution < 1.29 is 27.4 Å². The Morgan fingerprint density at radius 1 is 1.12 bits per heavy atom. The highest BCUT2D eigenvalue weighted by Crippen LogP contribution is 2.47. The number of carbonyl (C=O) groups excluding carboxylic acids is 1. The number of hydrogen-bond donors (Lipinski definition) is 2. The minimum atomic E-state index is -3.55. The molecular weight excluding hydrogens is 451 g/mol. The number of esters is 1. The first-order valence-electron chi connectivity index (χ1n) is 10.9. The highest BCUT2D eigenvalue weighted by atomic mass is 32.2. The Morgan fingerprint density at radius 2 is 1.72 bits per heavy atom. The van der Waals surface area contributed by atoms with E-state index in [4.69, 9.17) is 13.8 Å². The van der Waals surface area contributed by atoms with Crippen LogP contribution in [0.3, 0.4) is 0 Å². The summed E-state index contributed by atoms with van der Waals surface area (Å²) >= 11 is 0. The molecule has 3 unspecified atom stereocenters. The monoisotopic (exact) mass is 488 g/mol. The molecule has 1 aliphatic rings. The molecule has 0 fully saturated rings. The summed E-state index contributed by atoms with van der Waals surface area (Å²) in [6.07, 6.45) is 0. The van der Waals surface area contributed by atoms with Gasteiger partial charge in [0.1, 0.15) is 11.6 Å². The number of hydrogen-bond acceptors (Lipinski definition) is 7. The van der Waals surface area contributed by atoms with Gasteiger partial charge in [0.25, 0.3) is 0 Å². The van der Waals surface area contributed by atoms with Gasteiger partial charge in [0.15, 0.2) is 0 Å². The van der Waals surface area contributed by atoms with Crippen LogP contribution in [0.2, 0.25) is 0 Å². The van der Waals surface area contributed by atoms with Gasteiger partial charge in [-0.3, -0.25) is 9.88 Å². The smallest absolute Gasteiger partial charge is 0.361 e. The van der Waals surface area contributed by atoms with E-state index in [9.17, 15) is 13.6 Å². The Morgan fingerprint density at radius 3 is 2.22 bits per heavy atom. The standard InChI is InChI=1S/C22H37N2O6PS/c1-9-28-31(26,29-10-2)15-11-12-16-17(13-15)19(20(25)30-21(3,4)5)23-14-18(16)24-32(27)22(6,7)8/h11-13,18-19,23-24H,9-10,14H2,1-8H3. The predicted molar refractivity (Wildman–Crippen MR) is 127 cm³/mol. The molecule has 0 saturated heterocycles. The van der Waals surface area contributed by atoms with Crippen molar-refractivity contribution in [3.8, 4) is 0 Å². The number of benzene rings is 1. The van der Waals surface area contributed by atoms with E-state index in [0.717, 1.165) is 5.56 Å². The van der Waals surface area contributed by atoms with Crippen molar-refractivity contribution >= 4 is 29.9 Å². The molecule has 1 aromatic carbocycles. The number of rotatable bonds is 8. The van der Waals surface area contributed by atoms with Crippen LogP contribution in [-0.2, 0) is 34.1 Å². The maximum absolute atomic E-state index is 13.4. The minimum Gasteiger partial charge on any atom is -0.459 e. The third kappa shape index (κ3) is 6.72. The van der Waals surface area contributed by atoms with Gasteiger partial charge >= 0.3 is 13.6 Å². The van der Waals surface area contributed by atoms with Crippen molar-refractivity contribution in [2.75, 3.05) is 19.8 Å². The van der Waals surface area contributed by atoms with Crippen LogP contribution in [0.4, 0.5) is 0 Å². The van der Waals surface area contributed by atoms with E-state index in [1.54, 1.807) is 52.8 Å². The fraction of sp³-hybridized carbons (Fsp3) is 0.682. The fourth-order valence-corrected chi connectivity index (χ4v) is 5.69. The van der Waals surface area contributed by atoms with E-state index in [1.165, 1.54) is 0 Å². The van der Waals surface area contributed by atoms with Crippen LogP contribution in [0.5, 0.6) is 0 Å². The maximum Gasteiger partial charge on any atom is 0.361 e. The van der Waals surface area contributed by atoms with Gasteiger partial charge in [0.05, 0.1) is 40.3 Å². The molecule has 1 aliphatic heterocycles. The molecule has 2 rings (SSSR count). The molecule has 0 amide bonds. The molecule has 182 valence electrons. The lowest BCUT2D eigenvalue weighted by Gasteiger charge is -2.35. The SMILES string of the molecule is CCOP(=O)(OCC)c1ccc2c(c1)C(C(=O)OC(C)(C)C)NCC2NS(=O)C(C)(C)C. The van der Waals surface area contributed by atoms with Gasteiger partial charge in [0, 0.05) is 6.54 Å². The third-order valence-corrected chi connectivity index (χ3v) is 8.36. The summed E-state index contributed by atoms with van der Waals surface area (Å²) in [4.78, 5) is 13.0. The lowest BCUT2D eigenvalue weighted by molar-refractivity contribution is -0.158. The molecule has 32 heavy (non-hydrogen) atoms. The van der Waals surface area contributed by atoms with E-state index in [2.05, 4.69) is 10.0 Å². The van der Waals surface area contributed by atoms with Crippen LogP contribution in [-0.4, -0.2) is 40.3 Å². The Hall–Kier alpha value is -1.09. The summed E-state index contributed by atoms with van der Waals surface area (Å²) in [6, 6.07) is 4.09. The molecule has 0 aliphatic carbocycles. The Labute approximate surface area is 194 Å². The summed E-state index contributed by atoms with van der Waals surface area (Å²) < 4.78 is 45.4. The Bertz CT molecular complexity index is 883. The molecule has 0 saturated carbocycles. The summed E-state index contributed by atoms with van der Waals surface area (Å²) in [5.41, 5.74) is 0.734. The van der Waals surface area contributed by atoms with E-state index >= 15 is 0 Å². The molecule has 10 heteroatoms. The van der Waals surface area contributed by atoms with Gasteiger partial charge in [-0.25, -0.2) is 13.7 Å². The summed E-state index contributed by atoms with van der Waals surface area (Å²) in [5.74, 6) is -0.436. The summed E-state index contributed by atoms with van der Waals surface area (Å²) in [7, 11) is -4.87. The zero-order valence-electron chi connectivity index (χ0n) is 20.3. The van der Waals surface area contributed by atoms with Crippen molar-refractivity contribution in [1.29, 1.82) is 0 Å². The molecule has 0 radical (unpaired) electrons. The van der Waals surface area contributed by atoms with Gasteiger partial charge < -0.3 is 13.8 Å². The summed E-state index contributed by atoms with van der Waals surface area (Å²) in [5, 5.41) is 3.57. The van der Waals surface area contributed by atoms with Crippen molar-refractivity contribution in [2.24, 2.45) is 0 Å². The van der Waals surface area contributed by atoms with Crippen LogP contribution < -0.4 is 15.3 Å². The highest BCUT2D eigenvalue weighted by Gasteiger charge is 2.38. The van der Waals surface area contributed by atoms with Crippen LogP contribution in [0.1, 0.15) is 78.6 Å². The number of carbonyl (C=O) groups is 1. The first-order chi connectivity index (χ1) is 14.7. The molecule has 0 bridgehead atoms. The van der Waals surface area contributed by atoms with Gasteiger partial charge in [-0.2, -0.15) is 0 Å². The Kier molecular flexibility index (Phi) is 8.87. The lowest BCUT2D eigenvalue weighted by atomic mass is 9.91. The number of nitrogens with one attached hydrogen (secondary N) is 2. The highest BCUT2D eigenvalue weighted by molar-refractivity contribution is 7.84. The molecule has 2 N–H and O–H groups in total. The van der Waals surface area contributed by atoms with Crippen molar-refractivity contribution in [2.45, 2.75) is 77.8 Å². The van der Waals surface area contributed by atoms with E-state index in [1.807, 2.05) is 20.8 Å². The molecule has 0 aromatic heterocycles. The average molecular weight is 489 g/mol. The first-order valence-corrected chi connectivity index (χ1v) is 13.6. The average Bonchev–Trinajstić information content (AvgIpc) is 2.66. The minimum absolute atomic E-state index is 0.219. The van der Waals surface area contributed by atoms with Crippen LogP contribution >= 0.6 is 7.60 Å². The molecule has 8 nitrogen and oxygen atoms in total. The second-order valence-electron chi connectivity index (χ2n) is 9.57. The zero-order valence-corrected chi connectivity index (χ0v) is 22.0. The van der Waals surface area contributed by atoms with Gasteiger partial charge in [-0.1, -0.05) is 6.07 Å². The van der Waals surface area contributed by atoms with Gasteiger partial charge in [0.2, 0.25) is 0 Å². The van der Waals surface area contributed by atoms with Crippen LogP contribution in [0.25, 0.3) is 0 Å².